The summed E-state index contributed by atoms with van der Waals surface area (Å²) >= 11 is 0. The van der Waals surface area contributed by atoms with Crippen LogP contribution in [0.5, 0.6) is 0 Å². The Morgan fingerprint density at radius 2 is 1.62 bits per heavy atom. The van der Waals surface area contributed by atoms with Gasteiger partial charge in [0.2, 0.25) is 11.9 Å². The van der Waals surface area contributed by atoms with Gasteiger partial charge >= 0.3 is 0 Å². The number of fused-ring (bicyclic) bond motifs is 2. The van der Waals surface area contributed by atoms with Gasteiger partial charge in [-0.1, -0.05) is 86.6 Å². The molecular formula is C33H28N6O. The maximum Gasteiger partial charge on any atom is 0.249 e. The molecule has 0 spiro atoms. The molecule has 2 heterocycles. The van der Waals surface area contributed by atoms with Crippen molar-refractivity contribution in [3.63, 3.8) is 0 Å². The average molecular weight is 525 g/mol. The molecular weight excluding hydrogens is 496 g/mol. The van der Waals surface area contributed by atoms with Crippen LogP contribution in [0.2, 0.25) is 0 Å². The van der Waals surface area contributed by atoms with E-state index in [9.17, 15) is 10.1 Å². The number of carbonyl (C=O) groups excluding carboxylic acids is 1. The smallest absolute Gasteiger partial charge is 0.249 e. The Morgan fingerprint density at radius 1 is 0.950 bits per heavy atom. The third-order valence-corrected chi connectivity index (χ3v) is 7.69. The summed E-state index contributed by atoms with van der Waals surface area (Å²) in [5, 5.41) is 20.8. The van der Waals surface area contributed by atoms with E-state index in [2.05, 4.69) is 43.7 Å². The van der Waals surface area contributed by atoms with Gasteiger partial charge in [-0.05, 0) is 52.8 Å². The van der Waals surface area contributed by atoms with Crippen molar-refractivity contribution in [3.8, 4) is 28.6 Å². The van der Waals surface area contributed by atoms with E-state index in [1.54, 1.807) is 6.20 Å². The first-order chi connectivity index (χ1) is 19.4. The number of nitriles is 1. The Bertz CT molecular complexity index is 1700. The Balaban J connectivity index is 1.26. The van der Waals surface area contributed by atoms with Crippen LogP contribution in [-0.2, 0) is 16.6 Å². The number of anilines is 1. The SMILES string of the molecule is CC(C)(CC1(C#N)c2ccccc2Cc2ccccc21)C(=O)Nc1n[nH]c(-c2cccc(-c3cccnc3)c2)n1. The molecule has 1 aliphatic rings. The standard InChI is InChI=1S/C33H28N6O/c1-32(2,20-33(21-34)27-14-5-3-9-23(27)18-24-10-4-6-15-28(24)33)30(40)37-31-36-29(38-39-31)25-12-7-11-22(17-25)26-13-8-16-35-19-26/h3-17,19H,18,20H2,1-2H3,(H2,36,37,38,39,40). The minimum absolute atomic E-state index is 0.190. The summed E-state index contributed by atoms with van der Waals surface area (Å²) in [6.45, 7) is 3.73. The molecule has 3 aromatic carbocycles. The highest BCUT2D eigenvalue weighted by atomic mass is 16.2. The molecule has 6 rings (SSSR count). The molecule has 2 aromatic heterocycles. The van der Waals surface area contributed by atoms with Gasteiger partial charge in [0.05, 0.1) is 6.07 Å². The van der Waals surface area contributed by atoms with Crippen LogP contribution in [0, 0.1) is 16.7 Å². The second-order valence-electron chi connectivity index (χ2n) is 10.9. The van der Waals surface area contributed by atoms with Gasteiger partial charge < -0.3 is 0 Å². The highest BCUT2D eigenvalue weighted by Crippen LogP contribution is 2.48. The van der Waals surface area contributed by atoms with Crippen LogP contribution in [0.3, 0.4) is 0 Å². The predicted molar refractivity (Wildman–Crippen MR) is 154 cm³/mol. The van der Waals surface area contributed by atoms with Gasteiger partial charge in [-0.15, -0.1) is 5.10 Å². The number of amides is 1. The molecule has 0 fully saturated rings. The summed E-state index contributed by atoms with van der Waals surface area (Å²) < 4.78 is 0. The van der Waals surface area contributed by atoms with E-state index in [0.29, 0.717) is 12.2 Å². The summed E-state index contributed by atoms with van der Waals surface area (Å²) in [6, 6.07) is 30.5. The van der Waals surface area contributed by atoms with Crippen molar-refractivity contribution in [2.45, 2.75) is 32.1 Å². The highest BCUT2D eigenvalue weighted by molar-refractivity contribution is 5.93. The van der Waals surface area contributed by atoms with E-state index < -0.39 is 10.8 Å². The minimum Gasteiger partial charge on any atom is -0.293 e. The van der Waals surface area contributed by atoms with Crippen molar-refractivity contribution in [1.29, 1.82) is 5.26 Å². The van der Waals surface area contributed by atoms with Crippen molar-refractivity contribution in [2.75, 3.05) is 5.32 Å². The molecule has 1 aliphatic carbocycles. The third-order valence-electron chi connectivity index (χ3n) is 7.69. The van der Waals surface area contributed by atoms with Crippen LogP contribution in [0.25, 0.3) is 22.5 Å². The number of rotatable bonds is 6. The van der Waals surface area contributed by atoms with Gasteiger partial charge in [0.1, 0.15) is 5.41 Å². The van der Waals surface area contributed by atoms with E-state index in [1.165, 1.54) is 0 Å². The van der Waals surface area contributed by atoms with Gasteiger partial charge in [-0.25, -0.2) is 0 Å². The van der Waals surface area contributed by atoms with Crippen molar-refractivity contribution >= 4 is 11.9 Å². The molecule has 1 amide bonds. The largest absolute Gasteiger partial charge is 0.293 e. The van der Waals surface area contributed by atoms with Crippen molar-refractivity contribution in [1.82, 2.24) is 20.2 Å². The molecule has 7 heteroatoms. The Hall–Kier alpha value is -5.09. The van der Waals surface area contributed by atoms with E-state index in [4.69, 9.17) is 0 Å². The fourth-order valence-electron chi connectivity index (χ4n) is 5.72. The quantitative estimate of drug-likeness (QED) is 0.271. The summed E-state index contributed by atoms with van der Waals surface area (Å²) in [7, 11) is 0. The molecule has 0 bridgehead atoms. The highest BCUT2D eigenvalue weighted by Gasteiger charge is 2.47. The number of hydrogen-bond acceptors (Lipinski definition) is 5. The molecule has 0 saturated carbocycles. The molecule has 0 aliphatic heterocycles. The van der Waals surface area contributed by atoms with Gasteiger partial charge in [-0.3, -0.25) is 20.2 Å². The van der Waals surface area contributed by atoms with E-state index in [0.717, 1.165) is 45.4 Å². The Kier molecular flexibility index (Phi) is 6.24. The number of nitrogens with zero attached hydrogens (tertiary/aromatic N) is 4. The first kappa shape index (κ1) is 25.2. The lowest BCUT2D eigenvalue weighted by atomic mass is 9.61. The second-order valence-corrected chi connectivity index (χ2v) is 10.9. The number of H-pyrrole nitrogens is 1. The lowest BCUT2D eigenvalue weighted by molar-refractivity contribution is -0.124. The van der Waals surface area contributed by atoms with Crippen LogP contribution in [0.1, 0.15) is 42.5 Å². The normalized spacial score (nSPS) is 13.5. The van der Waals surface area contributed by atoms with Crippen molar-refractivity contribution in [2.24, 2.45) is 5.41 Å². The molecule has 0 atom stereocenters. The molecule has 40 heavy (non-hydrogen) atoms. The van der Waals surface area contributed by atoms with E-state index >= 15 is 0 Å². The number of aromatic amines is 1. The first-order valence-electron chi connectivity index (χ1n) is 13.2. The predicted octanol–water partition coefficient (Wildman–Crippen LogP) is 6.30. The van der Waals surface area contributed by atoms with Crippen LogP contribution < -0.4 is 5.32 Å². The Labute approximate surface area is 233 Å². The molecule has 0 unspecified atom stereocenters. The van der Waals surface area contributed by atoms with E-state index in [-0.39, 0.29) is 11.9 Å². The summed E-state index contributed by atoms with van der Waals surface area (Å²) in [5.41, 5.74) is 5.14. The minimum atomic E-state index is -0.955. The van der Waals surface area contributed by atoms with Crippen LogP contribution in [0.4, 0.5) is 5.95 Å². The molecule has 0 saturated heterocycles. The summed E-state index contributed by atoms with van der Waals surface area (Å²) in [6.07, 6.45) is 4.62. The van der Waals surface area contributed by atoms with Gasteiger partial charge in [0.25, 0.3) is 0 Å². The molecule has 196 valence electrons. The fourth-order valence-corrected chi connectivity index (χ4v) is 5.72. The molecule has 2 N–H and O–H groups in total. The molecule has 5 aromatic rings. The van der Waals surface area contributed by atoms with Crippen LogP contribution in [-0.4, -0.2) is 26.1 Å². The zero-order valence-electron chi connectivity index (χ0n) is 22.3. The summed E-state index contributed by atoms with van der Waals surface area (Å²) in [5.74, 6) is 0.482. The number of benzene rings is 3. The molecule has 0 radical (unpaired) electrons. The van der Waals surface area contributed by atoms with Crippen LogP contribution >= 0.6 is 0 Å². The lowest BCUT2D eigenvalue weighted by Crippen LogP contribution is -2.41. The summed E-state index contributed by atoms with van der Waals surface area (Å²) in [4.78, 5) is 22.4. The Morgan fingerprint density at radius 3 is 2.30 bits per heavy atom. The van der Waals surface area contributed by atoms with Gasteiger partial charge in [-0.2, -0.15) is 10.2 Å². The zero-order chi connectivity index (χ0) is 27.7. The van der Waals surface area contributed by atoms with Gasteiger partial charge in [0, 0.05) is 28.9 Å². The van der Waals surface area contributed by atoms with Crippen molar-refractivity contribution < 1.29 is 4.79 Å². The topological polar surface area (TPSA) is 107 Å². The number of hydrogen-bond donors (Lipinski definition) is 2. The molecule has 7 nitrogen and oxygen atoms in total. The van der Waals surface area contributed by atoms with Gasteiger partial charge in [0.15, 0.2) is 5.82 Å². The van der Waals surface area contributed by atoms with E-state index in [1.807, 2.05) is 92.8 Å². The number of carbonyl (C=O) groups is 1. The number of pyridine rings is 1. The lowest BCUT2D eigenvalue weighted by Gasteiger charge is -2.40. The van der Waals surface area contributed by atoms with Crippen molar-refractivity contribution in [3.05, 3.63) is 120 Å². The monoisotopic (exact) mass is 524 g/mol. The third kappa shape index (κ3) is 4.44. The maximum absolute atomic E-state index is 13.7. The zero-order valence-corrected chi connectivity index (χ0v) is 22.3. The average Bonchev–Trinajstić information content (AvgIpc) is 3.46. The van der Waals surface area contributed by atoms with Crippen LogP contribution in [0.15, 0.2) is 97.3 Å². The second kappa shape index (κ2) is 9.90. The number of aromatic nitrogens is 4. The first-order valence-corrected chi connectivity index (χ1v) is 13.2. The maximum atomic E-state index is 13.7. The fraction of sp³-hybridized carbons (Fsp3) is 0.182. The number of nitrogens with one attached hydrogen (secondary N) is 2.